The zero-order valence-electron chi connectivity index (χ0n) is 8.58. The van der Waals surface area contributed by atoms with Gasteiger partial charge in [-0.15, -0.1) is 0 Å². The molecule has 0 saturated heterocycles. The van der Waals surface area contributed by atoms with Gasteiger partial charge in [-0.1, -0.05) is 13.3 Å². The molecule has 0 radical (unpaired) electrons. The maximum Gasteiger partial charge on any atom is 0.438 e. The number of hydrogen-bond acceptors (Lipinski definition) is 3. The molecule has 0 aromatic heterocycles. The molecular weight excluding hydrogens is 227 g/mol. The zero-order chi connectivity index (χ0) is 12.6. The van der Waals surface area contributed by atoms with E-state index in [0.717, 1.165) is 0 Å². The molecule has 0 aliphatic carbocycles. The van der Waals surface area contributed by atoms with Crippen molar-refractivity contribution in [1.29, 1.82) is 0 Å². The average molecular weight is 239 g/mol. The van der Waals surface area contributed by atoms with Crippen LogP contribution in [0.5, 0.6) is 0 Å². The second-order valence-corrected chi connectivity index (χ2v) is 3.56. The van der Waals surface area contributed by atoms with Gasteiger partial charge in [-0.3, -0.25) is 0 Å². The van der Waals surface area contributed by atoms with Gasteiger partial charge in [-0.2, -0.15) is 23.3 Å². The highest BCUT2D eigenvalue weighted by Crippen LogP contribution is 2.40. The van der Waals surface area contributed by atoms with E-state index in [1.807, 2.05) is 0 Å². The molecule has 2 amide bonds. The molecule has 16 heavy (non-hydrogen) atoms. The van der Waals surface area contributed by atoms with Crippen LogP contribution in [0.4, 0.5) is 18.0 Å². The first-order valence-electron chi connectivity index (χ1n) is 4.67. The largest absolute Gasteiger partial charge is 0.438 e. The van der Waals surface area contributed by atoms with Crippen LogP contribution in [0.15, 0.2) is 5.10 Å². The van der Waals surface area contributed by atoms with Gasteiger partial charge in [0.25, 0.3) is 5.72 Å². The second-order valence-electron chi connectivity index (χ2n) is 3.56. The molecule has 0 bridgehead atoms. The number of primary amides is 1. The van der Waals surface area contributed by atoms with Gasteiger partial charge in [-0.25, -0.2) is 4.79 Å². The number of carbonyl (C=O) groups excluding carboxylic acids is 1. The normalized spacial score (nSPS) is 25.8. The summed E-state index contributed by atoms with van der Waals surface area (Å²) in [7, 11) is 0. The Morgan fingerprint density at radius 3 is 2.56 bits per heavy atom. The van der Waals surface area contributed by atoms with Gasteiger partial charge in [0.1, 0.15) is 0 Å². The Balaban J connectivity index is 3.02. The zero-order valence-corrected chi connectivity index (χ0v) is 8.58. The van der Waals surface area contributed by atoms with Crippen molar-refractivity contribution in [2.75, 3.05) is 0 Å². The number of rotatable bonds is 2. The van der Waals surface area contributed by atoms with Crippen molar-refractivity contribution in [3.05, 3.63) is 0 Å². The van der Waals surface area contributed by atoms with Crippen LogP contribution in [0, 0.1) is 0 Å². The average Bonchev–Trinajstić information content (AvgIpc) is 2.44. The molecule has 0 aromatic carbocycles. The van der Waals surface area contributed by atoms with Gasteiger partial charge in [0.2, 0.25) is 0 Å². The summed E-state index contributed by atoms with van der Waals surface area (Å²) in [6.45, 7) is 1.75. The predicted molar refractivity (Wildman–Crippen MR) is 49.4 cm³/mol. The van der Waals surface area contributed by atoms with Gasteiger partial charge >= 0.3 is 12.2 Å². The third-order valence-corrected chi connectivity index (χ3v) is 2.24. The van der Waals surface area contributed by atoms with E-state index in [1.165, 1.54) is 0 Å². The smallest absolute Gasteiger partial charge is 0.362 e. The standard InChI is InChI=1S/C8H12F3N3O2/c1-2-3-5-4-7(16,8(9,10)11)14(13-5)6(12)15/h16H,2-4H2,1H3,(H2,12,15). The molecule has 0 aromatic rings. The summed E-state index contributed by atoms with van der Waals surface area (Å²) in [6.07, 6.45) is -4.88. The second kappa shape index (κ2) is 3.93. The SMILES string of the molecule is CCCC1=NN(C(N)=O)C(O)(C(F)(F)F)C1. The summed E-state index contributed by atoms with van der Waals surface area (Å²) in [4.78, 5) is 10.8. The first-order valence-corrected chi connectivity index (χ1v) is 4.67. The lowest BCUT2D eigenvalue weighted by atomic mass is 10.0. The Hall–Kier alpha value is -1.31. The predicted octanol–water partition coefficient (Wildman–Crippen LogP) is 1.18. The summed E-state index contributed by atoms with van der Waals surface area (Å²) < 4.78 is 37.8. The fourth-order valence-corrected chi connectivity index (χ4v) is 1.50. The van der Waals surface area contributed by atoms with Gasteiger partial charge in [0, 0.05) is 12.1 Å². The van der Waals surface area contributed by atoms with Gasteiger partial charge in [-0.05, 0) is 6.42 Å². The van der Waals surface area contributed by atoms with Crippen LogP contribution in [0.2, 0.25) is 0 Å². The highest BCUT2D eigenvalue weighted by Gasteiger charge is 2.62. The number of hydrazone groups is 1. The quantitative estimate of drug-likeness (QED) is 0.758. The van der Waals surface area contributed by atoms with Gasteiger partial charge < -0.3 is 10.8 Å². The van der Waals surface area contributed by atoms with Crippen LogP contribution in [-0.4, -0.2) is 33.8 Å². The number of amides is 2. The van der Waals surface area contributed by atoms with E-state index in [-0.39, 0.29) is 17.1 Å². The molecule has 0 saturated carbocycles. The lowest BCUT2D eigenvalue weighted by Gasteiger charge is -2.31. The summed E-state index contributed by atoms with van der Waals surface area (Å²) in [5.74, 6) is 0. The van der Waals surface area contributed by atoms with E-state index >= 15 is 0 Å². The highest BCUT2D eigenvalue weighted by molar-refractivity contribution is 5.90. The van der Waals surface area contributed by atoms with E-state index in [1.54, 1.807) is 6.92 Å². The van der Waals surface area contributed by atoms with Crippen LogP contribution in [-0.2, 0) is 0 Å². The Bertz CT molecular complexity index is 329. The molecule has 0 fully saturated rings. The lowest BCUT2D eigenvalue weighted by Crippen LogP contribution is -2.57. The maximum atomic E-state index is 12.6. The molecular formula is C8H12F3N3O2. The fraction of sp³-hybridized carbons (Fsp3) is 0.750. The lowest BCUT2D eigenvalue weighted by molar-refractivity contribution is -0.296. The number of nitrogens with zero attached hydrogens (tertiary/aromatic N) is 2. The van der Waals surface area contributed by atoms with Gasteiger partial charge in [0.05, 0.1) is 0 Å². The minimum atomic E-state index is -4.99. The third-order valence-electron chi connectivity index (χ3n) is 2.24. The number of aliphatic hydroxyl groups is 1. The molecule has 1 heterocycles. The van der Waals surface area contributed by atoms with Crippen LogP contribution in [0.25, 0.3) is 0 Å². The Morgan fingerprint density at radius 2 is 2.25 bits per heavy atom. The Kier molecular flexibility index (Phi) is 3.13. The molecule has 1 rings (SSSR count). The van der Waals surface area contributed by atoms with E-state index < -0.39 is 24.4 Å². The molecule has 1 atom stereocenters. The van der Waals surface area contributed by atoms with Crippen molar-refractivity contribution in [3.63, 3.8) is 0 Å². The third kappa shape index (κ3) is 1.97. The summed E-state index contributed by atoms with van der Waals surface area (Å²) >= 11 is 0. The maximum absolute atomic E-state index is 12.6. The molecule has 92 valence electrons. The van der Waals surface area contributed by atoms with Crippen LogP contribution >= 0.6 is 0 Å². The topological polar surface area (TPSA) is 78.9 Å². The molecule has 5 nitrogen and oxygen atoms in total. The fourth-order valence-electron chi connectivity index (χ4n) is 1.50. The van der Waals surface area contributed by atoms with Gasteiger partial charge in [0.15, 0.2) is 0 Å². The summed E-state index contributed by atoms with van der Waals surface area (Å²) in [5.41, 5.74) is 1.56. The van der Waals surface area contributed by atoms with Crippen molar-refractivity contribution in [2.45, 2.75) is 38.1 Å². The van der Waals surface area contributed by atoms with Crippen molar-refractivity contribution < 1.29 is 23.1 Å². The Morgan fingerprint density at radius 1 is 1.69 bits per heavy atom. The number of urea groups is 1. The van der Waals surface area contributed by atoms with Crippen LogP contribution in [0.1, 0.15) is 26.2 Å². The van der Waals surface area contributed by atoms with E-state index in [4.69, 9.17) is 5.73 Å². The first kappa shape index (κ1) is 12.8. The number of hydrogen-bond donors (Lipinski definition) is 2. The number of carbonyl (C=O) groups is 1. The highest BCUT2D eigenvalue weighted by atomic mass is 19.4. The number of halogens is 3. The van der Waals surface area contributed by atoms with Crippen molar-refractivity contribution in [2.24, 2.45) is 10.8 Å². The van der Waals surface area contributed by atoms with E-state index in [2.05, 4.69) is 5.10 Å². The monoisotopic (exact) mass is 239 g/mol. The number of alkyl halides is 3. The van der Waals surface area contributed by atoms with Crippen LogP contribution in [0.3, 0.4) is 0 Å². The molecule has 1 unspecified atom stereocenters. The van der Waals surface area contributed by atoms with Crippen molar-refractivity contribution in [3.8, 4) is 0 Å². The summed E-state index contributed by atoms with van der Waals surface area (Å²) in [6, 6.07) is -1.43. The molecule has 1 aliphatic heterocycles. The molecule has 1 aliphatic rings. The molecule has 3 N–H and O–H groups in total. The van der Waals surface area contributed by atoms with Crippen molar-refractivity contribution in [1.82, 2.24) is 5.01 Å². The molecule has 0 spiro atoms. The first-order chi connectivity index (χ1) is 7.22. The molecule has 8 heteroatoms. The minimum absolute atomic E-state index is 0.0992. The van der Waals surface area contributed by atoms with E-state index in [0.29, 0.717) is 6.42 Å². The van der Waals surface area contributed by atoms with Crippen LogP contribution < -0.4 is 5.73 Å². The van der Waals surface area contributed by atoms with E-state index in [9.17, 15) is 23.1 Å². The Labute approximate surface area is 89.7 Å². The van der Waals surface area contributed by atoms with Crippen molar-refractivity contribution >= 4 is 11.7 Å². The summed E-state index contributed by atoms with van der Waals surface area (Å²) in [5, 5.41) is 12.7. The number of nitrogens with two attached hydrogens (primary N) is 1. The minimum Gasteiger partial charge on any atom is -0.362 e.